The summed E-state index contributed by atoms with van der Waals surface area (Å²) in [6.45, 7) is 5.91. The van der Waals surface area contributed by atoms with Gasteiger partial charge in [0.05, 0.1) is 16.4 Å². The molecule has 0 N–H and O–H groups in total. The second-order valence-corrected chi connectivity index (χ2v) is 9.64. The van der Waals surface area contributed by atoms with Gasteiger partial charge < -0.3 is 8.92 Å². The molecule has 0 bridgehead atoms. The Morgan fingerprint density at radius 1 is 0.933 bits per heavy atom. The highest BCUT2D eigenvalue weighted by Gasteiger charge is 2.21. The third-order valence-electron chi connectivity index (χ3n) is 4.47. The van der Waals surface area contributed by atoms with Crippen LogP contribution in [0.3, 0.4) is 0 Å². The number of aryl methyl sites for hydroxylation is 3. The summed E-state index contributed by atoms with van der Waals surface area (Å²) in [5.74, 6) is 0.475. The molecule has 0 spiro atoms. The number of benzene rings is 3. The van der Waals surface area contributed by atoms with Gasteiger partial charge in [-0.1, -0.05) is 29.8 Å². The minimum absolute atomic E-state index is 0.0894. The fourth-order valence-corrected chi connectivity index (χ4v) is 4.60. The van der Waals surface area contributed by atoms with Crippen molar-refractivity contribution >= 4 is 44.6 Å². The van der Waals surface area contributed by atoms with E-state index in [0.29, 0.717) is 9.32 Å². The summed E-state index contributed by atoms with van der Waals surface area (Å²) in [4.78, 5) is 4.66. The van der Waals surface area contributed by atoms with Crippen LogP contribution >= 0.6 is 22.6 Å². The van der Waals surface area contributed by atoms with Crippen molar-refractivity contribution < 1.29 is 17.3 Å². The normalized spacial score (nSPS) is 11.6. The summed E-state index contributed by atoms with van der Waals surface area (Å²) >= 11 is 2.03. The van der Waals surface area contributed by atoms with Crippen LogP contribution in [0.15, 0.2) is 64.5 Å². The predicted molar refractivity (Wildman–Crippen MR) is 128 cm³/mol. The first kappa shape index (κ1) is 22.3. The molecular formula is C23H22INO4S. The Labute approximate surface area is 191 Å². The van der Waals surface area contributed by atoms with Gasteiger partial charge in [-0.05, 0) is 90.4 Å². The molecular weight excluding hydrogens is 513 g/mol. The van der Waals surface area contributed by atoms with Crippen LogP contribution in [0.25, 0.3) is 0 Å². The molecule has 0 unspecified atom stereocenters. The second-order valence-electron chi connectivity index (χ2n) is 6.93. The van der Waals surface area contributed by atoms with Crippen LogP contribution in [0, 0.1) is 24.3 Å². The zero-order chi connectivity index (χ0) is 21.9. The van der Waals surface area contributed by atoms with Crippen molar-refractivity contribution in [2.75, 3.05) is 7.11 Å². The van der Waals surface area contributed by atoms with E-state index < -0.39 is 10.1 Å². The summed E-state index contributed by atoms with van der Waals surface area (Å²) in [6, 6.07) is 16.1. The molecule has 0 aliphatic carbocycles. The molecule has 3 rings (SSSR count). The van der Waals surface area contributed by atoms with Crippen molar-refractivity contribution in [3.05, 3.63) is 80.4 Å². The fraction of sp³-hybridized carbons (Fsp3) is 0.174. The molecule has 0 aromatic heterocycles. The van der Waals surface area contributed by atoms with Gasteiger partial charge in [-0.15, -0.1) is 0 Å². The average molecular weight is 535 g/mol. The molecule has 0 amide bonds. The number of aliphatic imine (C=N–C) groups is 1. The molecule has 156 valence electrons. The van der Waals surface area contributed by atoms with Crippen LogP contribution in [-0.4, -0.2) is 21.7 Å². The van der Waals surface area contributed by atoms with E-state index in [2.05, 4.69) is 4.99 Å². The topological polar surface area (TPSA) is 65.0 Å². The van der Waals surface area contributed by atoms with Crippen molar-refractivity contribution in [1.29, 1.82) is 0 Å². The van der Waals surface area contributed by atoms with E-state index in [-0.39, 0.29) is 10.6 Å². The number of hydrogen-bond acceptors (Lipinski definition) is 5. The highest BCUT2D eigenvalue weighted by atomic mass is 127. The first-order valence-corrected chi connectivity index (χ1v) is 11.7. The third kappa shape index (κ3) is 5.20. The maximum Gasteiger partial charge on any atom is 0.339 e. The lowest BCUT2D eigenvalue weighted by Gasteiger charge is -2.13. The minimum Gasteiger partial charge on any atom is -0.493 e. The molecule has 0 fully saturated rings. The lowest BCUT2D eigenvalue weighted by Crippen LogP contribution is -2.11. The number of nitrogens with zero attached hydrogens (tertiary/aromatic N) is 1. The Balaban J connectivity index is 1.93. The highest BCUT2D eigenvalue weighted by molar-refractivity contribution is 14.1. The van der Waals surface area contributed by atoms with Gasteiger partial charge in [0.2, 0.25) is 0 Å². The molecule has 0 heterocycles. The van der Waals surface area contributed by atoms with Crippen LogP contribution in [0.2, 0.25) is 0 Å². The lowest BCUT2D eigenvalue weighted by atomic mass is 10.1. The Kier molecular flexibility index (Phi) is 6.82. The first-order valence-electron chi connectivity index (χ1n) is 9.19. The molecule has 0 atom stereocenters. The lowest BCUT2D eigenvalue weighted by molar-refractivity contribution is 0.389. The zero-order valence-electron chi connectivity index (χ0n) is 17.1. The van der Waals surface area contributed by atoms with Gasteiger partial charge in [-0.2, -0.15) is 8.42 Å². The monoisotopic (exact) mass is 535 g/mol. The van der Waals surface area contributed by atoms with Gasteiger partial charge in [-0.3, -0.25) is 4.99 Å². The Morgan fingerprint density at radius 3 is 2.27 bits per heavy atom. The second kappa shape index (κ2) is 9.18. The summed E-state index contributed by atoms with van der Waals surface area (Å²) in [5, 5.41) is 0. The van der Waals surface area contributed by atoms with E-state index in [4.69, 9.17) is 8.92 Å². The molecule has 30 heavy (non-hydrogen) atoms. The van der Waals surface area contributed by atoms with Gasteiger partial charge in [0.1, 0.15) is 4.90 Å². The fourth-order valence-electron chi connectivity index (χ4n) is 2.76. The molecule has 5 nitrogen and oxygen atoms in total. The van der Waals surface area contributed by atoms with E-state index in [1.54, 1.807) is 30.5 Å². The molecule has 0 aliphatic rings. The molecule has 0 saturated carbocycles. The number of methoxy groups -OCH3 is 1. The van der Waals surface area contributed by atoms with Crippen LogP contribution in [-0.2, 0) is 10.1 Å². The van der Waals surface area contributed by atoms with E-state index in [1.165, 1.54) is 19.2 Å². The predicted octanol–water partition coefficient (Wildman–Crippen LogP) is 5.74. The Bertz CT molecular complexity index is 1200. The number of halogens is 1. The summed E-state index contributed by atoms with van der Waals surface area (Å²) in [5.41, 5.74) is 4.82. The van der Waals surface area contributed by atoms with Gasteiger partial charge in [0, 0.05) is 6.21 Å². The number of rotatable bonds is 6. The molecule has 7 heteroatoms. The van der Waals surface area contributed by atoms with E-state index in [9.17, 15) is 8.42 Å². The Hall–Kier alpha value is -2.39. The standard InChI is InChI=1S/C23H22INO4S/c1-15-6-9-19(10-7-15)30(26,27)29-23-20(24)12-18(13-22(23)28-4)14-25-21-11-16(2)5-8-17(21)3/h5-14H,1-4H3. The van der Waals surface area contributed by atoms with Gasteiger partial charge >= 0.3 is 10.1 Å². The summed E-state index contributed by atoms with van der Waals surface area (Å²) < 4.78 is 36.8. The van der Waals surface area contributed by atoms with Crippen molar-refractivity contribution in [2.24, 2.45) is 4.99 Å². The average Bonchev–Trinajstić information content (AvgIpc) is 2.70. The van der Waals surface area contributed by atoms with Gasteiger partial charge in [-0.25, -0.2) is 0 Å². The van der Waals surface area contributed by atoms with Crippen LogP contribution < -0.4 is 8.92 Å². The summed E-state index contributed by atoms with van der Waals surface area (Å²) in [7, 11) is -2.51. The van der Waals surface area contributed by atoms with Crippen molar-refractivity contribution in [2.45, 2.75) is 25.7 Å². The van der Waals surface area contributed by atoms with E-state index in [0.717, 1.165) is 27.9 Å². The molecule has 0 aliphatic heterocycles. The van der Waals surface area contributed by atoms with E-state index >= 15 is 0 Å². The van der Waals surface area contributed by atoms with Gasteiger partial charge in [0.25, 0.3) is 0 Å². The van der Waals surface area contributed by atoms with Crippen LogP contribution in [0.5, 0.6) is 11.5 Å². The molecule has 0 saturated heterocycles. The third-order valence-corrected chi connectivity index (χ3v) is 6.51. The van der Waals surface area contributed by atoms with Crippen LogP contribution in [0.4, 0.5) is 5.69 Å². The zero-order valence-corrected chi connectivity index (χ0v) is 20.1. The first-order chi connectivity index (χ1) is 14.2. The Morgan fingerprint density at radius 2 is 1.60 bits per heavy atom. The number of hydrogen-bond donors (Lipinski definition) is 0. The van der Waals surface area contributed by atoms with Crippen molar-refractivity contribution in [3.8, 4) is 11.5 Å². The van der Waals surface area contributed by atoms with E-state index in [1.807, 2.05) is 61.6 Å². The number of ether oxygens (including phenoxy) is 1. The van der Waals surface area contributed by atoms with Crippen molar-refractivity contribution in [3.63, 3.8) is 0 Å². The maximum absolute atomic E-state index is 12.7. The molecule has 3 aromatic carbocycles. The van der Waals surface area contributed by atoms with Crippen molar-refractivity contribution in [1.82, 2.24) is 0 Å². The summed E-state index contributed by atoms with van der Waals surface area (Å²) in [6.07, 6.45) is 1.73. The maximum atomic E-state index is 12.7. The van der Waals surface area contributed by atoms with Crippen LogP contribution in [0.1, 0.15) is 22.3 Å². The molecule has 0 radical (unpaired) electrons. The largest absolute Gasteiger partial charge is 0.493 e. The molecule has 3 aromatic rings. The quantitative estimate of drug-likeness (QED) is 0.229. The minimum atomic E-state index is -3.98. The SMILES string of the molecule is COc1cc(C=Nc2cc(C)ccc2C)cc(I)c1OS(=O)(=O)c1ccc(C)cc1. The van der Waals surface area contributed by atoms with Gasteiger partial charge in [0.15, 0.2) is 11.5 Å². The smallest absolute Gasteiger partial charge is 0.339 e. The highest BCUT2D eigenvalue weighted by Crippen LogP contribution is 2.36.